The van der Waals surface area contributed by atoms with Crippen LogP contribution in [0.2, 0.25) is 0 Å². The topological polar surface area (TPSA) is 43.6 Å². The lowest BCUT2D eigenvalue weighted by atomic mass is 9.95. The van der Waals surface area contributed by atoms with E-state index in [1.165, 1.54) is 38.7 Å². The zero-order chi connectivity index (χ0) is 22.4. The van der Waals surface area contributed by atoms with E-state index in [2.05, 4.69) is 77.6 Å². The van der Waals surface area contributed by atoms with Crippen molar-refractivity contribution in [3.63, 3.8) is 0 Å². The molecule has 3 heterocycles. The van der Waals surface area contributed by atoms with Crippen LogP contribution in [0.15, 0.2) is 60.8 Å². The van der Waals surface area contributed by atoms with E-state index in [4.69, 9.17) is 14.2 Å². The molecule has 4 aromatic rings. The van der Waals surface area contributed by atoms with Gasteiger partial charge >= 0.3 is 0 Å². The van der Waals surface area contributed by atoms with Gasteiger partial charge in [-0.05, 0) is 48.1 Å². The summed E-state index contributed by atoms with van der Waals surface area (Å²) < 4.78 is 19.3. The van der Waals surface area contributed by atoms with Crippen molar-refractivity contribution < 1.29 is 31.2 Å². The SMILES string of the molecule is COc1ccc2cc3[n+](cc2c1NCCc1ccc(C)cc1)CCc1cc2c(cc1-3)OCO2.[Cl-]. The quantitative estimate of drug-likeness (QED) is 0.450. The first-order valence-electron chi connectivity index (χ1n) is 11.5. The van der Waals surface area contributed by atoms with E-state index >= 15 is 0 Å². The Hall–Kier alpha value is -3.44. The first kappa shape index (κ1) is 22.4. The summed E-state index contributed by atoms with van der Waals surface area (Å²) in [6.07, 6.45) is 4.18. The molecule has 0 atom stereocenters. The molecule has 2 aliphatic rings. The first-order chi connectivity index (χ1) is 16.2. The monoisotopic (exact) mass is 474 g/mol. The number of methoxy groups -OCH3 is 1. The Balaban J connectivity index is 0.00000241. The van der Waals surface area contributed by atoms with Gasteiger partial charge in [-0.3, -0.25) is 0 Å². The summed E-state index contributed by atoms with van der Waals surface area (Å²) in [6.45, 7) is 4.19. The number of aromatic nitrogens is 1. The molecule has 0 saturated heterocycles. The molecule has 0 fully saturated rings. The van der Waals surface area contributed by atoms with Gasteiger partial charge in [0.05, 0.1) is 23.7 Å². The Morgan fingerprint density at radius 2 is 1.79 bits per heavy atom. The number of hydrogen-bond donors (Lipinski definition) is 1. The van der Waals surface area contributed by atoms with Gasteiger partial charge in [0.15, 0.2) is 24.2 Å². The van der Waals surface area contributed by atoms with E-state index in [-0.39, 0.29) is 12.4 Å². The maximum Gasteiger partial charge on any atom is 0.231 e. The van der Waals surface area contributed by atoms with Crippen LogP contribution in [0.1, 0.15) is 16.7 Å². The smallest absolute Gasteiger partial charge is 0.231 e. The maximum atomic E-state index is 5.72. The number of benzene rings is 3. The average Bonchev–Trinajstić information content (AvgIpc) is 3.30. The van der Waals surface area contributed by atoms with Gasteiger partial charge in [-0.25, -0.2) is 0 Å². The highest BCUT2D eigenvalue weighted by molar-refractivity contribution is 5.97. The van der Waals surface area contributed by atoms with E-state index in [1.807, 2.05) is 0 Å². The van der Waals surface area contributed by atoms with Crippen LogP contribution in [0.3, 0.4) is 0 Å². The summed E-state index contributed by atoms with van der Waals surface area (Å²) >= 11 is 0. The molecule has 0 radical (unpaired) electrons. The van der Waals surface area contributed by atoms with Gasteiger partial charge in [0.2, 0.25) is 12.5 Å². The second-order valence-corrected chi connectivity index (χ2v) is 8.77. The largest absolute Gasteiger partial charge is 1.00 e. The predicted molar refractivity (Wildman–Crippen MR) is 129 cm³/mol. The van der Waals surface area contributed by atoms with Crippen LogP contribution in [0.25, 0.3) is 22.0 Å². The van der Waals surface area contributed by atoms with Gasteiger partial charge in [0.25, 0.3) is 0 Å². The molecule has 0 saturated carbocycles. The van der Waals surface area contributed by atoms with Crippen LogP contribution < -0.4 is 36.5 Å². The number of hydrogen-bond acceptors (Lipinski definition) is 4. The van der Waals surface area contributed by atoms with E-state index in [0.29, 0.717) is 6.79 Å². The van der Waals surface area contributed by atoms with E-state index in [1.54, 1.807) is 7.11 Å². The Bertz CT molecular complexity index is 1370. The molecule has 1 N–H and O–H groups in total. The van der Waals surface area contributed by atoms with Gasteiger partial charge in [-0.1, -0.05) is 35.9 Å². The molecule has 174 valence electrons. The van der Waals surface area contributed by atoms with Crippen LogP contribution in [-0.4, -0.2) is 20.4 Å². The molecular formula is C28H27ClN2O3. The molecule has 0 unspecified atom stereocenters. The number of rotatable bonds is 5. The number of halogens is 1. The highest BCUT2D eigenvalue weighted by atomic mass is 35.5. The molecular weight excluding hydrogens is 448 g/mol. The number of nitrogens with zero attached hydrogens (tertiary/aromatic N) is 1. The second kappa shape index (κ2) is 9.07. The van der Waals surface area contributed by atoms with E-state index < -0.39 is 0 Å². The molecule has 6 rings (SSSR count). The third-order valence-electron chi connectivity index (χ3n) is 6.68. The van der Waals surface area contributed by atoms with Crippen LogP contribution in [0, 0.1) is 6.92 Å². The third kappa shape index (κ3) is 3.90. The molecule has 5 nitrogen and oxygen atoms in total. The number of fused-ring (bicyclic) bond motifs is 5. The highest BCUT2D eigenvalue weighted by Crippen LogP contribution is 2.41. The standard InChI is InChI=1S/C28H26N2O3.ClH/c1-18-3-5-19(6-4-18)9-11-29-28-23-16-30-12-10-21-14-26-27(33-17-32-26)15-22(21)24(30)13-20(23)7-8-25(28)31-2;/h3-8,13-16H,9-12,17H2,1-2H3;1H. The zero-order valence-corrected chi connectivity index (χ0v) is 20.1. The van der Waals surface area contributed by atoms with Crippen molar-refractivity contribution in [3.05, 3.63) is 77.5 Å². The van der Waals surface area contributed by atoms with Crippen LogP contribution in [-0.2, 0) is 19.4 Å². The summed E-state index contributed by atoms with van der Waals surface area (Å²) in [5.41, 5.74) is 7.40. The lowest BCUT2D eigenvalue weighted by Gasteiger charge is -2.18. The van der Waals surface area contributed by atoms with Crippen molar-refractivity contribution in [1.29, 1.82) is 0 Å². The van der Waals surface area contributed by atoms with Crippen molar-refractivity contribution in [2.24, 2.45) is 0 Å². The van der Waals surface area contributed by atoms with Gasteiger partial charge in [0, 0.05) is 19.0 Å². The minimum Gasteiger partial charge on any atom is -1.00 e. The van der Waals surface area contributed by atoms with Crippen molar-refractivity contribution in [2.45, 2.75) is 26.3 Å². The number of anilines is 1. The minimum absolute atomic E-state index is 0. The average molecular weight is 475 g/mol. The van der Waals surface area contributed by atoms with E-state index in [9.17, 15) is 0 Å². The third-order valence-corrected chi connectivity index (χ3v) is 6.68. The molecule has 1 aromatic heterocycles. The number of nitrogens with one attached hydrogen (secondary N) is 1. The minimum atomic E-state index is 0. The molecule has 0 aliphatic carbocycles. The fourth-order valence-electron chi connectivity index (χ4n) is 4.86. The van der Waals surface area contributed by atoms with Crippen molar-refractivity contribution in [1.82, 2.24) is 0 Å². The molecule has 34 heavy (non-hydrogen) atoms. The van der Waals surface area contributed by atoms with Crippen molar-refractivity contribution in [2.75, 3.05) is 25.8 Å². The molecule has 0 amide bonds. The Labute approximate surface area is 205 Å². The van der Waals surface area contributed by atoms with Crippen LogP contribution in [0.5, 0.6) is 17.2 Å². The highest BCUT2D eigenvalue weighted by Gasteiger charge is 2.28. The normalized spacial score (nSPS) is 13.1. The van der Waals surface area contributed by atoms with Crippen LogP contribution >= 0.6 is 0 Å². The fraction of sp³-hybridized carbons (Fsp3) is 0.250. The Morgan fingerprint density at radius 1 is 1.00 bits per heavy atom. The molecule has 0 bridgehead atoms. The molecule has 6 heteroatoms. The zero-order valence-electron chi connectivity index (χ0n) is 19.4. The molecule has 0 spiro atoms. The predicted octanol–water partition coefficient (Wildman–Crippen LogP) is 2.05. The van der Waals surface area contributed by atoms with Crippen molar-refractivity contribution >= 4 is 16.5 Å². The summed E-state index contributed by atoms with van der Waals surface area (Å²) in [6, 6.07) is 19.5. The Morgan fingerprint density at radius 3 is 2.59 bits per heavy atom. The van der Waals surface area contributed by atoms with Crippen LogP contribution in [0.4, 0.5) is 5.69 Å². The van der Waals surface area contributed by atoms with Gasteiger partial charge in [0.1, 0.15) is 5.75 Å². The summed E-state index contributed by atoms with van der Waals surface area (Å²) in [4.78, 5) is 0. The molecule has 3 aromatic carbocycles. The summed E-state index contributed by atoms with van der Waals surface area (Å²) in [5, 5.41) is 6.01. The lowest BCUT2D eigenvalue weighted by molar-refractivity contribution is -0.686. The number of ether oxygens (including phenoxy) is 3. The first-order valence-corrected chi connectivity index (χ1v) is 11.5. The van der Waals surface area contributed by atoms with E-state index in [0.717, 1.165) is 48.9 Å². The van der Waals surface area contributed by atoms with Gasteiger partial charge < -0.3 is 31.9 Å². The molecule has 2 aliphatic heterocycles. The number of pyridine rings is 1. The lowest BCUT2D eigenvalue weighted by Crippen LogP contribution is -3.00. The van der Waals surface area contributed by atoms with Crippen molar-refractivity contribution in [3.8, 4) is 28.5 Å². The summed E-state index contributed by atoms with van der Waals surface area (Å²) in [7, 11) is 1.73. The second-order valence-electron chi connectivity index (χ2n) is 8.77. The van der Waals surface area contributed by atoms with Gasteiger partial charge in [-0.2, -0.15) is 4.57 Å². The van der Waals surface area contributed by atoms with Gasteiger partial charge in [-0.15, -0.1) is 0 Å². The maximum absolute atomic E-state index is 5.72. The number of aryl methyl sites for hydroxylation is 3. The summed E-state index contributed by atoms with van der Waals surface area (Å²) in [5.74, 6) is 2.55. The Kier molecular flexibility index (Phi) is 5.96. The fourth-order valence-corrected chi connectivity index (χ4v) is 4.86.